The SMILES string of the molecule is O=C(CCNCCO)n1nnc2ccccc21. The van der Waals surface area contributed by atoms with Crippen LogP contribution >= 0.6 is 0 Å². The molecule has 2 N–H and O–H groups in total. The number of nitrogens with one attached hydrogen (secondary N) is 1. The quantitative estimate of drug-likeness (QED) is 0.714. The van der Waals surface area contributed by atoms with Gasteiger partial charge in [0, 0.05) is 19.5 Å². The smallest absolute Gasteiger partial charge is 0.250 e. The van der Waals surface area contributed by atoms with Crippen molar-refractivity contribution in [1.29, 1.82) is 0 Å². The van der Waals surface area contributed by atoms with Gasteiger partial charge in [-0.05, 0) is 12.1 Å². The van der Waals surface area contributed by atoms with Gasteiger partial charge in [0.1, 0.15) is 5.52 Å². The van der Waals surface area contributed by atoms with Crippen molar-refractivity contribution in [3.8, 4) is 0 Å². The monoisotopic (exact) mass is 234 g/mol. The van der Waals surface area contributed by atoms with Crippen LogP contribution in [-0.2, 0) is 0 Å². The van der Waals surface area contributed by atoms with E-state index in [0.717, 1.165) is 5.52 Å². The van der Waals surface area contributed by atoms with Crippen LogP contribution in [0.3, 0.4) is 0 Å². The summed E-state index contributed by atoms with van der Waals surface area (Å²) in [5.41, 5.74) is 1.43. The summed E-state index contributed by atoms with van der Waals surface area (Å²) in [6.07, 6.45) is 0.327. The lowest BCUT2D eigenvalue weighted by molar-refractivity contribution is 0.0889. The molecule has 0 aliphatic carbocycles. The van der Waals surface area contributed by atoms with E-state index in [9.17, 15) is 4.79 Å². The van der Waals surface area contributed by atoms with Gasteiger partial charge in [0.05, 0.1) is 12.1 Å². The maximum atomic E-state index is 11.8. The van der Waals surface area contributed by atoms with Crippen molar-refractivity contribution in [1.82, 2.24) is 20.3 Å². The molecule has 2 rings (SSSR count). The van der Waals surface area contributed by atoms with E-state index in [4.69, 9.17) is 5.11 Å². The van der Waals surface area contributed by atoms with Crippen molar-refractivity contribution < 1.29 is 9.90 Å². The van der Waals surface area contributed by atoms with Crippen LogP contribution in [0.1, 0.15) is 11.2 Å². The first-order valence-corrected chi connectivity index (χ1v) is 5.48. The molecule has 0 aliphatic rings. The van der Waals surface area contributed by atoms with E-state index in [1.54, 1.807) is 0 Å². The number of carbonyl (C=O) groups is 1. The second-order valence-electron chi connectivity index (χ2n) is 3.61. The molecule has 0 unspecified atom stereocenters. The van der Waals surface area contributed by atoms with Crippen LogP contribution in [0.4, 0.5) is 0 Å². The van der Waals surface area contributed by atoms with E-state index in [-0.39, 0.29) is 12.5 Å². The van der Waals surface area contributed by atoms with Crippen LogP contribution in [0.2, 0.25) is 0 Å². The summed E-state index contributed by atoms with van der Waals surface area (Å²) in [6.45, 7) is 1.08. The van der Waals surface area contributed by atoms with Gasteiger partial charge in [-0.3, -0.25) is 4.79 Å². The number of hydrogen-bond donors (Lipinski definition) is 2. The second-order valence-corrected chi connectivity index (χ2v) is 3.61. The van der Waals surface area contributed by atoms with Gasteiger partial charge in [0.15, 0.2) is 0 Å². The number of aliphatic hydroxyl groups excluding tert-OH is 1. The molecule has 0 amide bonds. The molecule has 0 atom stereocenters. The Morgan fingerprint density at radius 1 is 1.35 bits per heavy atom. The number of para-hydroxylation sites is 1. The number of rotatable bonds is 5. The summed E-state index contributed by atoms with van der Waals surface area (Å²) in [5.74, 6) is -0.107. The van der Waals surface area contributed by atoms with Gasteiger partial charge in [0.2, 0.25) is 5.91 Å². The van der Waals surface area contributed by atoms with Crippen molar-refractivity contribution >= 4 is 16.9 Å². The first kappa shape index (κ1) is 11.7. The number of aliphatic hydroxyl groups is 1. The minimum atomic E-state index is -0.107. The fourth-order valence-electron chi connectivity index (χ4n) is 1.56. The van der Waals surface area contributed by atoms with E-state index in [0.29, 0.717) is 25.0 Å². The van der Waals surface area contributed by atoms with Gasteiger partial charge in [-0.2, -0.15) is 4.68 Å². The third-order valence-electron chi connectivity index (χ3n) is 2.39. The number of hydrogen-bond acceptors (Lipinski definition) is 5. The zero-order valence-electron chi connectivity index (χ0n) is 9.33. The maximum absolute atomic E-state index is 11.8. The van der Waals surface area contributed by atoms with Crippen molar-refractivity contribution in [2.75, 3.05) is 19.7 Å². The molecule has 6 heteroatoms. The fourth-order valence-corrected chi connectivity index (χ4v) is 1.56. The molecular formula is C11H14N4O2. The summed E-state index contributed by atoms with van der Waals surface area (Å²) in [4.78, 5) is 11.8. The summed E-state index contributed by atoms with van der Waals surface area (Å²) < 4.78 is 1.32. The van der Waals surface area contributed by atoms with E-state index < -0.39 is 0 Å². The van der Waals surface area contributed by atoms with Gasteiger partial charge in [0.25, 0.3) is 0 Å². The minimum absolute atomic E-state index is 0.0699. The topological polar surface area (TPSA) is 80.0 Å². The Hall–Kier alpha value is -1.79. The van der Waals surface area contributed by atoms with E-state index in [1.165, 1.54) is 4.68 Å². The van der Waals surface area contributed by atoms with Crippen LogP contribution in [0.5, 0.6) is 0 Å². The number of benzene rings is 1. The first-order chi connectivity index (χ1) is 8.33. The van der Waals surface area contributed by atoms with Crippen molar-refractivity contribution in [2.24, 2.45) is 0 Å². The Bertz CT molecular complexity index is 509. The molecule has 1 aromatic heterocycles. The molecule has 1 aromatic carbocycles. The molecule has 0 aliphatic heterocycles. The number of fused-ring (bicyclic) bond motifs is 1. The Morgan fingerprint density at radius 2 is 2.18 bits per heavy atom. The van der Waals surface area contributed by atoms with E-state index in [2.05, 4.69) is 15.6 Å². The number of nitrogens with zero attached hydrogens (tertiary/aromatic N) is 3. The molecule has 0 fully saturated rings. The van der Waals surface area contributed by atoms with Crippen molar-refractivity contribution in [3.05, 3.63) is 24.3 Å². The lowest BCUT2D eigenvalue weighted by Gasteiger charge is -2.02. The maximum Gasteiger partial charge on any atom is 0.250 e. The molecule has 0 bridgehead atoms. The Balaban J connectivity index is 2.04. The standard InChI is InChI=1S/C11H14N4O2/c16-8-7-12-6-5-11(17)15-10-4-2-1-3-9(10)13-14-15/h1-4,12,16H,5-8H2. The molecule has 0 radical (unpaired) electrons. The Kier molecular flexibility index (Phi) is 3.79. The van der Waals surface area contributed by atoms with Crippen LogP contribution < -0.4 is 5.32 Å². The number of carbonyl (C=O) groups excluding carboxylic acids is 1. The molecule has 0 saturated heterocycles. The Morgan fingerprint density at radius 3 is 3.00 bits per heavy atom. The highest BCUT2D eigenvalue weighted by molar-refractivity contribution is 5.88. The van der Waals surface area contributed by atoms with Crippen molar-refractivity contribution in [3.63, 3.8) is 0 Å². The molecule has 90 valence electrons. The zero-order chi connectivity index (χ0) is 12.1. The van der Waals surface area contributed by atoms with Crippen LogP contribution in [0.15, 0.2) is 24.3 Å². The van der Waals surface area contributed by atoms with Crippen LogP contribution in [0.25, 0.3) is 11.0 Å². The van der Waals surface area contributed by atoms with Gasteiger partial charge < -0.3 is 10.4 Å². The Labute approximate surface area is 98.2 Å². The van der Waals surface area contributed by atoms with Crippen LogP contribution in [0, 0.1) is 0 Å². The van der Waals surface area contributed by atoms with Crippen LogP contribution in [-0.4, -0.2) is 45.7 Å². The lowest BCUT2D eigenvalue weighted by atomic mass is 10.3. The van der Waals surface area contributed by atoms with Gasteiger partial charge >= 0.3 is 0 Å². The summed E-state index contributed by atoms with van der Waals surface area (Å²) in [5, 5.41) is 19.3. The largest absolute Gasteiger partial charge is 0.395 e. The number of aromatic nitrogens is 3. The second kappa shape index (κ2) is 5.51. The molecular weight excluding hydrogens is 220 g/mol. The normalized spacial score (nSPS) is 10.9. The lowest BCUT2D eigenvalue weighted by Crippen LogP contribution is -2.24. The highest BCUT2D eigenvalue weighted by Gasteiger charge is 2.10. The van der Waals surface area contributed by atoms with Gasteiger partial charge in [-0.15, -0.1) is 5.10 Å². The first-order valence-electron chi connectivity index (χ1n) is 5.48. The molecule has 0 saturated carbocycles. The molecule has 0 spiro atoms. The summed E-state index contributed by atoms with van der Waals surface area (Å²) in [7, 11) is 0. The minimum Gasteiger partial charge on any atom is -0.395 e. The summed E-state index contributed by atoms with van der Waals surface area (Å²) in [6, 6.07) is 7.33. The van der Waals surface area contributed by atoms with Gasteiger partial charge in [-0.1, -0.05) is 17.3 Å². The molecule has 1 heterocycles. The third-order valence-corrected chi connectivity index (χ3v) is 2.39. The molecule has 6 nitrogen and oxygen atoms in total. The highest BCUT2D eigenvalue weighted by atomic mass is 16.3. The molecule has 17 heavy (non-hydrogen) atoms. The molecule has 2 aromatic rings. The van der Waals surface area contributed by atoms with E-state index >= 15 is 0 Å². The zero-order valence-corrected chi connectivity index (χ0v) is 9.33. The average molecular weight is 234 g/mol. The van der Waals surface area contributed by atoms with Crippen molar-refractivity contribution in [2.45, 2.75) is 6.42 Å². The highest BCUT2D eigenvalue weighted by Crippen LogP contribution is 2.09. The predicted molar refractivity (Wildman–Crippen MR) is 62.7 cm³/mol. The van der Waals surface area contributed by atoms with E-state index in [1.807, 2.05) is 24.3 Å². The predicted octanol–water partition coefficient (Wildman–Crippen LogP) is 0.0435. The summed E-state index contributed by atoms with van der Waals surface area (Å²) >= 11 is 0. The third kappa shape index (κ3) is 2.66. The van der Waals surface area contributed by atoms with Gasteiger partial charge in [-0.25, -0.2) is 0 Å². The fraction of sp³-hybridized carbons (Fsp3) is 0.364. The average Bonchev–Trinajstić information content (AvgIpc) is 2.78.